The maximum atomic E-state index is 2.48. The van der Waals surface area contributed by atoms with Crippen LogP contribution < -0.4 is 31.8 Å². The molecule has 1 saturated heterocycles. The molecule has 208 valence electrons. The molecule has 0 aliphatic carbocycles. The molecule has 0 radical (unpaired) electrons. The standard InChI is InChI=1S/2C18H15P.C2H4.Pt/c2*1-4-10-16(11-5-1)19(17-12-6-2-7-13-17)18-14-8-3-9-15-18;1-2;/h2*1-15H;1-2H2;/q;;;-2/p+2. The van der Waals surface area contributed by atoms with Crippen molar-refractivity contribution in [1.82, 2.24) is 0 Å². The average molecular weight is 750 g/mol. The summed E-state index contributed by atoms with van der Waals surface area (Å²) in [6, 6.07) is 70.4. The summed E-state index contributed by atoms with van der Waals surface area (Å²) in [6.07, 6.45) is 0. The third-order valence-corrected chi connectivity index (χ3v) is 68.3. The van der Waals surface area contributed by atoms with E-state index in [1.165, 1.54) is 9.62 Å². The summed E-state index contributed by atoms with van der Waals surface area (Å²) >= 11 is -2.86. The fourth-order valence-corrected chi connectivity index (χ4v) is 91.5. The van der Waals surface area contributed by atoms with Gasteiger partial charge in [0.1, 0.15) is 0 Å². The van der Waals surface area contributed by atoms with E-state index in [4.69, 9.17) is 0 Å². The fraction of sp³-hybridized carbons (Fsp3) is 0.0526. The molecule has 1 aliphatic heterocycles. The van der Waals surface area contributed by atoms with Gasteiger partial charge in [0.15, 0.2) is 0 Å². The number of rotatable bonds is 8. The summed E-state index contributed by atoms with van der Waals surface area (Å²) in [5, 5.41) is 4.57. The van der Waals surface area contributed by atoms with E-state index in [0.717, 1.165) is 0 Å². The van der Waals surface area contributed by atoms with Crippen molar-refractivity contribution in [2.24, 2.45) is 0 Å². The molecule has 6 aromatic rings. The molecule has 41 heavy (non-hydrogen) atoms. The van der Waals surface area contributed by atoms with Crippen LogP contribution in [0.2, 0.25) is 9.62 Å². The number of hydrogen-bond donors (Lipinski definition) is 0. The Bertz CT molecular complexity index is 1380. The van der Waals surface area contributed by atoms with Gasteiger partial charge < -0.3 is 0 Å². The zero-order valence-corrected chi connectivity index (χ0v) is 27.3. The predicted octanol–water partition coefficient (Wildman–Crippen LogP) is 7.27. The second-order valence-electron chi connectivity index (χ2n) is 10.4. The molecule has 0 atom stereocenters. The Hall–Kier alpha value is -3.13. The molecule has 0 spiro atoms. The Kier molecular flexibility index (Phi) is 7.35. The van der Waals surface area contributed by atoms with Crippen LogP contribution in [0.5, 0.6) is 0 Å². The van der Waals surface area contributed by atoms with Gasteiger partial charge >= 0.3 is 249 Å². The van der Waals surface area contributed by atoms with E-state index in [2.05, 4.69) is 182 Å². The summed E-state index contributed by atoms with van der Waals surface area (Å²) in [5.74, 6) is 0. The van der Waals surface area contributed by atoms with Gasteiger partial charge in [0, 0.05) is 0 Å². The van der Waals surface area contributed by atoms with Gasteiger partial charge in [-0.1, -0.05) is 0 Å². The van der Waals surface area contributed by atoms with Crippen LogP contribution in [0.25, 0.3) is 0 Å². The third-order valence-electron chi connectivity index (χ3n) is 8.30. The Morgan fingerprint density at radius 2 is 0.439 bits per heavy atom. The van der Waals surface area contributed by atoms with Crippen molar-refractivity contribution < 1.29 is 15.0 Å². The molecule has 0 N–H and O–H groups in total. The van der Waals surface area contributed by atoms with Crippen molar-refractivity contribution in [3.05, 3.63) is 182 Å². The van der Waals surface area contributed by atoms with E-state index in [-0.39, 0.29) is 0 Å². The Balaban J connectivity index is 1.71. The molecule has 0 bridgehead atoms. The molecular formula is C38H36P2Pt. The summed E-state index contributed by atoms with van der Waals surface area (Å²) in [6.45, 7) is 0. The van der Waals surface area contributed by atoms with Gasteiger partial charge in [-0.15, -0.1) is 0 Å². The second kappa shape index (κ2) is 11.3. The first-order valence-corrected chi connectivity index (χ1v) is 27.9. The Morgan fingerprint density at radius 3 is 0.585 bits per heavy atom. The van der Waals surface area contributed by atoms with Crippen LogP contribution in [0.4, 0.5) is 0 Å². The van der Waals surface area contributed by atoms with E-state index in [1.807, 2.05) is 0 Å². The van der Waals surface area contributed by atoms with Crippen LogP contribution in [-0.4, -0.2) is 0 Å². The van der Waals surface area contributed by atoms with E-state index in [0.29, 0.717) is 0 Å². The van der Waals surface area contributed by atoms with Crippen molar-refractivity contribution in [3.63, 3.8) is 0 Å². The van der Waals surface area contributed by atoms with Gasteiger partial charge in [-0.2, -0.15) is 0 Å². The SMILES string of the molecule is c1ccc([PH](c2ccccc2)(c2ccccc2)[Pt]2([PH](c3ccccc3)(c3ccccc3)c3ccccc3)[CH2][CH2]2)cc1. The quantitative estimate of drug-likeness (QED) is 0.144. The molecule has 0 nitrogen and oxygen atoms in total. The van der Waals surface area contributed by atoms with Crippen LogP contribution in [0.3, 0.4) is 0 Å². The molecule has 6 aromatic carbocycles. The zero-order valence-electron chi connectivity index (χ0n) is 23.1. The third kappa shape index (κ3) is 4.15. The van der Waals surface area contributed by atoms with Crippen LogP contribution in [0.1, 0.15) is 0 Å². The maximum absolute atomic E-state index is 2.86. The van der Waals surface area contributed by atoms with E-state index < -0.39 is 25.8 Å². The van der Waals surface area contributed by atoms with Crippen LogP contribution in [-0.2, 0) is 15.0 Å². The molecule has 1 heterocycles. The summed E-state index contributed by atoms with van der Waals surface area (Å²) in [5.41, 5.74) is 0. The molecule has 1 aliphatic rings. The first kappa shape index (κ1) is 26.7. The molecule has 0 saturated carbocycles. The van der Waals surface area contributed by atoms with E-state index >= 15 is 0 Å². The molecular weight excluding hydrogens is 713 g/mol. The first-order valence-electron chi connectivity index (χ1n) is 14.2. The number of hydrogen-bond acceptors (Lipinski definition) is 0. The summed E-state index contributed by atoms with van der Waals surface area (Å²) in [4.78, 5) is 2.78. The van der Waals surface area contributed by atoms with Crippen molar-refractivity contribution in [2.45, 2.75) is 9.62 Å². The van der Waals surface area contributed by atoms with Gasteiger partial charge in [0.25, 0.3) is 0 Å². The fourth-order valence-electron chi connectivity index (χ4n) is 6.70. The minimum absolute atomic E-state index is 1.39. The Morgan fingerprint density at radius 1 is 0.268 bits per heavy atom. The topological polar surface area (TPSA) is 0 Å². The molecule has 7 rings (SSSR count). The Labute approximate surface area is 247 Å². The van der Waals surface area contributed by atoms with Crippen LogP contribution in [0.15, 0.2) is 182 Å². The van der Waals surface area contributed by atoms with Crippen molar-refractivity contribution in [3.8, 4) is 0 Å². The van der Waals surface area contributed by atoms with Gasteiger partial charge in [0.2, 0.25) is 0 Å². The van der Waals surface area contributed by atoms with Crippen molar-refractivity contribution >= 4 is 42.5 Å². The second-order valence-corrected chi connectivity index (χ2v) is 46.2. The van der Waals surface area contributed by atoms with E-state index in [9.17, 15) is 0 Å². The monoisotopic (exact) mass is 749 g/mol. The zero-order chi connectivity index (χ0) is 27.6. The molecule has 0 unspecified atom stereocenters. The van der Waals surface area contributed by atoms with Crippen LogP contribution in [0, 0.1) is 0 Å². The molecule has 0 amide bonds. The van der Waals surface area contributed by atoms with Crippen molar-refractivity contribution in [2.75, 3.05) is 0 Å². The van der Waals surface area contributed by atoms with Gasteiger partial charge in [-0.25, -0.2) is 0 Å². The molecule has 3 heteroatoms. The van der Waals surface area contributed by atoms with Gasteiger partial charge in [-0.3, -0.25) is 0 Å². The first-order chi connectivity index (χ1) is 20.3. The minimum atomic E-state index is -2.86. The molecule has 0 aromatic heterocycles. The normalized spacial score (nSPS) is 15.9. The van der Waals surface area contributed by atoms with E-state index in [1.54, 1.807) is 31.8 Å². The predicted molar refractivity (Wildman–Crippen MR) is 183 cm³/mol. The summed E-state index contributed by atoms with van der Waals surface area (Å²) in [7, 11) is 0. The van der Waals surface area contributed by atoms with Gasteiger partial charge in [0.05, 0.1) is 0 Å². The average Bonchev–Trinajstić information content (AvgIpc) is 3.87. The number of benzene rings is 6. The van der Waals surface area contributed by atoms with Crippen LogP contribution >= 0.6 is 10.7 Å². The summed E-state index contributed by atoms with van der Waals surface area (Å²) < 4.78 is 0. The molecule has 1 fully saturated rings. The van der Waals surface area contributed by atoms with Gasteiger partial charge in [-0.05, 0) is 0 Å². The van der Waals surface area contributed by atoms with Crippen molar-refractivity contribution in [1.29, 1.82) is 0 Å².